The first-order valence-corrected chi connectivity index (χ1v) is 7.35. The molecule has 19 heavy (non-hydrogen) atoms. The lowest BCUT2D eigenvalue weighted by atomic mass is 10.1. The number of nitrogens with one attached hydrogen (secondary N) is 1. The summed E-state index contributed by atoms with van der Waals surface area (Å²) in [5.41, 5.74) is 0.0488. The van der Waals surface area contributed by atoms with Crippen LogP contribution in [0, 0.1) is 11.6 Å². The molecular formula is C14H20BrF2NO. The number of halogens is 3. The SMILES string of the molecule is CCCNC(COCCC)c1c(F)cc(Br)cc1F. The Bertz CT molecular complexity index is 378. The standard InChI is InChI=1S/C14H20BrF2NO/c1-3-5-18-13(9-19-6-4-2)14-11(16)7-10(15)8-12(14)17/h7-8,13,18H,3-6,9H2,1-2H3. The summed E-state index contributed by atoms with van der Waals surface area (Å²) in [7, 11) is 0. The molecule has 0 aliphatic heterocycles. The van der Waals surface area contributed by atoms with Crippen molar-refractivity contribution in [3.05, 3.63) is 33.8 Å². The average Bonchev–Trinajstić information content (AvgIpc) is 2.34. The normalized spacial score (nSPS) is 12.7. The first kappa shape index (κ1) is 16.5. The lowest BCUT2D eigenvalue weighted by Crippen LogP contribution is -2.28. The van der Waals surface area contributed by atoms with E-state index in [9.17, 15) is 8.78 Å². The van der Waals surface area contributed by atoms with Gasteiger partial charge >= 0.3 is 0 Å². The molecule has 1 aromatic rings. The number of benzene rings is 1. The van der Waals surface area contributed by atoms with Gasteiger partial charge in [0.1, 0.15) is 11.6 Å². The van der Waals surface area contributed by atoms with E-state index in [1.807, 2.05) is 13.8 Å². The van der Waals surface area contributed by atoms with E-state index in [-0.39, 0.29) is 12.2 Å². The number of ether oxygens (including phenoxy) is 1. The van der Waals surface area contributed by atoms with E-state index in [4.69, 9.17) is 4.74 Å². The molecule has 1 atom stereocenters. The fourth-order valence-corrected chi connectivity index (χ4v) is 2.20. The number of hydrogen-bond acceptors (Lipinski definition) is 2. The largest absolute Gasteiger partial charge is 0.379 e. The Balaban J connectivity index is 2.89. The summed E-state index contributed by atoms with van der Waals surface area (Å²) in [6.45, 7) is 5.54. The molecule has 1 rings (SSSR count). The van der Waals surface area contributed by atoms with E-state index in [0.717, 1.165) is 12.8 Å². The van der Waals surface area contributed by atoms with Crippen molar-refractivity contribution in [2.75, 3.05) is 19.8 Å². The van der Waals surface area contributed by atoms with Gasteiger partial charge in [0.25, 0.3) is 0 Å². The Hall–Kier alpha value is -0.520. The van der Waals surface area contributed by atoms with Crippen LogP contribution in [0.2, 0.25) is 0 Å². The predicted molar refractivity (Wildman–Crippen MR) is 76.2 cm³/mol. The molecule has 0 saturated heterocycles. The molecule has 0 aliphatic rings. The van der Waals surface area contributed by atoms with Gasteiger partial charge in [-0.15, -0.1) is 0 Å². The van der Waals surface area contributed by atoms with Gasteiger partial charge in [-0.25, -0.2) is 8.78 Å². The average molecular weight is 336 g/mol. The van der Waals surface area contributed by atoms with Crippen molar-refractivity contribution in [2.45, 2.75) is 32.7 Å². The molecule has 108 valence electrons. The van der Waals surface area contributed by atoms with Crippen LogP contribution < -0.4 is 5.32 Å². The molecule has 0 amide bonds. The quantitative estimate of drug-likeness (QED) is 0.719. The van der Waals surface area contributed by atoms with Gasteiger partial charge in [0.05, 0.1) is 12.6 Å². The van der Waals surface area contributed by atoms with E-state index in [1.54, 1.807) is 0 Å². The van der Waals surface area contributed by atoms with Crippen LogP contribution in [0.1, 0.15) is 38.3 Å². The van der Waals surface area contributed by atoms with Crippen LogP contribution in [0.15, 0.2) is 16.6 Å². The minimum atomic E-state index is -0.555. The molecule has 0 aromatic heterocycles. The van der Waals surface area contributed by atoms with Crippen molar-refractivity contribution in [1.29, 1.82) is 0 Å². The zero-order valence-electron chi connectivity index (χ0n) is 11.3. The molecule has 2 nitrogen and oxygen atoms in total. The molecule has 5 heteroatoms. The Kier molecular flexibility index (Phi) is 7.49. The van der Waals surface area contributed by atoms with E-state index < -0.39 is 17.7 Å². The third kappa shape index (κ3) is 5.16. The highest BCUT2D eigenvalue weighted by atomic mass is 79.9. The van der Waals surface area contributed by atoms with Crippen LogP contribution in [-0.4, -0.2) is 19.8 Å². The molecule has 0 heterocycles. The highest BCUT2D eigenvalue weighted by Crippen LogP contribution is 2.25. The van der Waals surface area contributed by atoms with Crippen LogP contribution in [-0.2, 0) is 4.74 Å². The van der Waals surface area contributed by atoms with Gasteiger partial charge in [-0.3, -0.25) is 0 Å². The summed E-state index contributed by atoms with van der Waals surface area (Å²) >= 11 is 3.08. The zero-order chi connectivity index (χ0) is 14.3. The Labute approximate surface area is 121 Å². The van der Waals surface area contributed by atoms with Gasteiger partial charge in [-0.1, -0.05) is 29.8 Å². The predicted octanol–water partition coefficient (Wildman–Crippen LogP) is 4.19. The van der Waals surface area contributed by atoms with E-state index in [2.05, 4.69) is 21.2 Å². The summed E-state index contributed by atoms with van der Waals surface area (Å²) in [6, 6.07) is 2.09. The van der Waals surface area contributed by atoms with Gasteiger partial charge in [0.2, 0.25) is 0 Å². The minimum absolute atomic E-state index is 0.0488. The van der Waals surface area contributed by atoms with Gasteiger partial charge in [-0.05, 0) is 31.5 Å². The van der Waals surface area contributed by atoms with Gasteiger partial charge in [0, 0.05) is 16.6 Å². The maximum absolute atomic E-state index is 13.9. The van der Waals surface area contributed by atoms with Crippen LogP contribution in [0.25, 0.3) is 0 Å². The molecule has 0 aliphatic carbocycles. The zero-order valence-corrected chi connectivity index (χ0v) is 12.9. The fourth-order valence-electron chi connectivity index (χ4n) is 1.79. The van der Waals surface area contributed by atoms with Crippen molar-refractivity contribution in [3.8, 4) is 0 Å². The molecule has 1 aromatic carbocycles. The summed E-state index contributed by atoms with van der Waals surface area (Å²) in [5, 5.41) is 3.13. The smallest absolute Gasteiger partial charge is 0.132 e. The summed E-state index contributed by atoms with van der Waals surface area (Å²) in [6.07, 6.45) is 1.77. The second-order valence-corrected chi connectivity index (χ2v) is 5.28. The highest BCUT2D eigenvalue weighted by molar-refractivity contribution is 9.10. The van der Waals surface area contributed by atoms with E-state index in [0.29, 0.717) is 17.6 Å². The number of hydrogen-bond donors (Lipinski definition) is 1. The number of rotatable bonds is 8. The lowest BCUT2D eigenvalue weighted by Gasteiger charge is -2.20. The third-order valence-electron chi connectivity index (χ3n) is 2.67. The van der Waals surface area contributed by atoms with Crippen LogP contribution >= 0.6 is 15.9 Å². The van der Waals surface area contributed by atoms with Crippen molar-refractivity contribution < 1.29 is 13.5 Å². The maximum atomic E-state index is 13.9. The summed E-state index contributed by atoms with van der Waals surface area (Å²) in [5.74, 6) is -1.11. The fraction of sp³-hybridized carbons (Fsp3) is 0.571. The second kappa shape index (κ2) is 8.61. The lowest BCUT2D eigenvalue weighted by molar-refractivity contribution is 0.110. The van der Waals surface area contributed by atoms with Crippen molar-refractivity contribution >= 4 is 15.9 Å². The van der Waals surface area contributed by atoms with Crippen molar-refractivity contribution in [1.82, 2.24) is 5.32 Å². The summed E-state index contributed by atoms with van der Waals surface area (Å²) in [4.78, 5) is 0. The van der Waals surface area contributed by atoms with Crippen LogP contribution in [0.3, 0.4) is 0 Å². The molecule has 0 radical (unpaired) electrons. The molecule has 1 N–H and O–H groups in total. The van der Waals surface area contributed by atoms with Crippen molar-refractivity contribution in [2.24, 2.45) is 0 Å². The molecule has 0 saturated carbocycles. The van der Waals surface area contributed by atoms with Crippen molar-refractivity contribution in [3.63, 3.8) is 0 Å². The van der Waals surface area contributed by atoms with Gasteiger partial charge < -0.3 is 10.1 Å². The van der Waals surface area contributed by atoms with Crippen LogP contribution in [0.4, 0.5) is 8.78 Å². The monoisotopic (exact) mass is 335 g/mol. The Morgan fingerprint density at radius 2 is 1.84 bits per heavy atom. The molecule has 1 unspecified atom stereocenters. The van der Waals surface area contributed by atoms with Gasteiger partial charge in [0.15, 0.2) is 0 Å². The first-order valence-electron chi connectivity index (χ1n) is 6.55. The van der Waals surface area contributed by atoms with Crippen LogP contribution in [0.5, 0.6) is 0 Å². The summed E-state index contributed by atoms with van der Waals surface area (Å²) < 4.78 is 33.7. The second-order valence-electron chi connectivity index (χ2n) is 4.36. The Morgan fingerprint density at radius 3 is 2.37 bits per heavy atom. The maximum Gasteiger partial charge on any atom is 0.132 e. The molecular weight excluding hydrogens is 316 g/mol. The van der Waals surface area contributed by atoms with E-state index in [1.165, 1.54) is 12.1 Å². The first-order chi connectivity index (χ1) is 9.10. The topological polar surface area (TPSA) is 21.3 Å². The molecule has 0 fully saturated rings. The van der Waals surface area contributed by atoms with Gasteiger partial charge in [-0.2, -0.15) is 0 Å². The molecule has 0 bridgehead atoms. The van der Waals surface area contributed by atoms with E-state index >= 15 is 0 Å². The Morgan fingerprint density at radius 1 is 1.21 bits per heavy atom. The third-order valence-corrected chi connectivity index (χ3v) is 3.12. The minimum Gasteiger partial charge on any atom is -0.379 e. The molecule has 0 spiro atoms. The highest BCUT2D eigenvalue weighted by Gasteiger charge is 2.20.